The van der Waals surface area contributed by atoms with E-state index < -0.39 is 23.3 Å². The molecule has 2 aromatic carbocycles. The molecule has 0 aliphatic heterocycles. The minimum atomic E-state index is -0.989. The number of fused-ring (bicyclic) bond motifs is 2. The SMILES string of the molecule is CCC(C(=O)OC)n1c(=O)c2ccccc2n(Cc2nsc3cc(C)cc(C)c23)c1=O. The number of hydrogen-bond donors (Lipinski definition) is 0. The molecular formula is C23H23N3O4S. The van der Waals surface area contributed by atoms with E-state index in [1.54, 1.807) is 31.2 Å². The third-order valence-electron chi connectivity index (χ3n) is 5.55. The zero-order valence-electron chi connectivity index (χ0n) is 17.8. The van der Waals surface area contributed by atoms with Gasteiger partial charge in [-0.2, -0.15) is 4.37 Å². The molecular weight excluding hydrogens is 414 g/mol. The maximum absolute atomic E-state index is 13.5. The van der Waals surface area contributed by atoms with Gasteiger partial charge in [0, 0.05) is 5.39 Å². The van der Waals surface area contributed by atoms with Crippen LogP contribution in [0.4, 0.5) is 0 Å². The molecule has 0 N–H and O–H groups in total. The molecule has 0 bridgehead atoms. The number of ether oxygens (including phenoxy) is 1. The number of aromatic nitrogens is 3. The Balaban J connectivity index is 2.00. The number of hydrogen-bond acceptors (Lipinski definition) is 6. The van der Waals surface area contributed by atoms with Gasteiger partial charge < -0.3 is 4.74 Å². The van der Waals surface area contributed by atoms with E-state index in [4.69, 9.17) is 4.74 Å². The van der Waals surface area contributed by atoms with Crippen LogP contribution in [-0.4, -0.2) is 26.6 Å². The first-order valence-electron chi connectivity index (χ1n) is 10.0. The van der Waals surface area contributed by atoms with E-state index in [1.165, 1.54) is 23.2 Å². The quantitative estimate of drug-likeness (QED) is 0.446. The van der Waals surface area contributed by atoms with E-state index in [9.17, 15) is 14.4 Å². The average Bonchev–Trinajstić information content (AvgIpc) is 3.16. The largest absolute Gasteiger partial charge is 0.467 e. The average molecular weight is 438 g/mol. The molecule has 31 heavy (non-hydrogen) atoms. The van der Waals surface area contributed by atoms with Gasteiger partial charge in [0.05, 0.1) is 35.0 Å². The van der Waals surface area contributed by atoms with Crippen LogP contribution < -0.4 is 11.2 Å². The van der Waals surface area contributed by atoms with Crippen molar-refractivity contribution >= 4 is 38.5 Å². The molecule has 0 saturated carbocycles. The highest BCUT2D eigenvalue weighted by Gasteiger charge is 2.26. The van der Waals surface area contributed by atoms with Crippen molar-refractivity contribution in [2.75, 3.05) is 7.11 Å². The second-order valence-electron chi connectivity index (χ2n) is 7.59. The molecule has 4 rings (SSSR count). The summed E-state index contributed by atoms with van der Waals surface area (Å²) in [7, 11) is 1.25. The number of aryl methyl sites for hydroxylation is 2. The van der Waals surface area contributed by atoms with Gasteiger partial charge in [-0.1, -0.05) is 25.1 Å². The van der Waals surface area contributed by atoms with Gasteiger partial charge in [0.2, 0.25) is 0 Å². The molecule has 0 radical (unpaired) electrons. The Hall–Kier alpha value is -3.26. The number of nitrogens with zero attached hydrogens (tertiary/aromatic N) is 3. The van der Waals surface area contributed by atoms with Crippen LogP contribution in [0.25, 0.3) is 21.0 Å². The first kappa shape index (κ1) is 21.0. The molecule has 7 nitrogen and oxygen atoms in total. The molecule has 1 unspecified atom stereocenters. The Morgan fingerprint density at radius 2 is 1.94 bits per heavy atom. The van der Waals surface area contributed by atoms with Gasteiger partial charge in [-0.3, -0.25) is 9.36 Å². The van der Waals surface area contributed by atoms with Crippen molar-refractivity contribution < 1.29 is 9.53 Å². The van der Waals surface area contributed by atoms with Crippen molar-refractivity contribution in [3.63, 3.8) is 0 Å². The van der Waals surface area contributed by atoms with Gasteiger partial charge >= 0.3 is 11.7 Å². The van der Waals surface area contributed by atoms with Crippen molar-refractivity contribution in [3.8, 4) is 0 Å². The minimum absolute atomic E-state index is 0.196. The third kappa shape index (κ3) is 3.46. The van der Waals surface area contributed by atoms with Gasteiger partial charge in [0.25, 0.3) is 5.56 Å². The summed E-state index contributed by atoms with van der Waals surface area (Å²) >= 11 is 1.39. The number of benzene rings is 2. The van der Waals surface area contributed by atoms with E-state index >= 15 is 0 Å². The van der Waals surface area contributed by atoms with E-state index in [1.807, 2.05) is 13.8 Å². The molecule has 0 spiro atoms. The summed E-state index contributed by atoms with van der Waals surface area (Å²) in [6.07, 6.45) is 0.262. The standard InChI is InChI=1S/C23H23N3O4S/c1-5-17(22(28)30-4)26-21(27)15-8-6-7-9-18(15)25(23(26)29)12-16-20-14(3)10-13(2)11-19(20)31-24-16/h6-11,17H,5,12H2,1-4H3. The molecule has 0 amide bonds. The molecule has 160 valence electrons. The maximum atomic E-state index is 13.5. The number of methoxy groups -OCH3 is 1. The van der Waals surface area contributed by atoms with Crippen LogP contribution >= 0.6 is 11.5 Å². The van der Waals surface area contributed by atoms with Gasteiger partial charge in [-0.25, -0.2) is 14.2 Å². The summed E-state index contributed by atoms with van der Waals surface area (Å²) in [4.78, 5) is 39.0. The molecule has 0 fully saturated rings. The Bertz CT molecular complexity index is 1430. The molecule has 4 aromatic rings. The topological polar surface area (TPSA) is 83.2 Å². The zero-order valence-corrected chi connectivity index (χ0v) is 18.7. The third-order valence-corrected chi connectivity index (χ3v) is 6.38. The molecule has 1 atom stereocenters. The number of carbonyl (C=O) groups is 1. The highest BCUT2D eigenvalue weighted by molar-refractivity contribution is 7.13. The monoisotopic (exact) mass is 437 g/mol. The minimum Gasteiger partial charge on any atom is -0.467 e. The van der Waals surface area contributed by atoms with Gasteiger partial charge in [-0.15, -0.1) is 0 Å². The van der Waals surface area contributed by atoms with E-state index in [0.717, 1.165) is 31.5 Å². The second kappa shape index (κ2) is 8.11. The Labute approximate surface area is 182 Å². The summed E-state index contributed by atoms with van der Waals surface area (Å²) < 4.78 is 13.1. The van der Waals surface area contributed by atoms with E-state index in [0.29, 0.717) is 10.9 Å². The van der Waals surface area contributed by atoms with Gasteiger partial charge in [-0.05, 0) is 61.1 Å². The van der Waals surface area contributed by atoms with Crippen molar-refractivity contribution in [1.29, 1.82) is 0 Å². The lowest BCUT2D eigenvalue weighted by atomic mass is 10.1. The fourth-order valence-corrected chi connectivity index (χ4v) is 5.10. The predicted octanol–water partition coefficient (Wildman–Crippen LogP) is 3.56. The smallest absolute Gasteiger partial charge is 0.332 e. The zero-order chi connectivity index (χ0) is 22.3. The number of rotatable bonds is 5. The molecule has 0 aliphatic rings. The summed E-state index contributed by atoms with van der Waals surface area (Å²) in [5.41, 5.74) is 2.47. The summed E-state index contributed by atoms with van der Waals surface area (Å²) in [5.74, 6) is -0.617. The van der Waals surface area contributed by atoms with Crippen molar-refractivity contribution in [2.24, 2.45) is 0 Å². The molecule has 0 saturated heterocycles. The lowest BCUT2D eigenvalue weighted by Crippen LogP contribution is -2.44. The maximum Gasteiger partial charge on any atom is 0.332 e. The molecule has 2 heterocycles. The van der Waals surface area contributed by atoms with Crippen LogP contribution in [0.5, 0.6) is 0 Å². The van der Waals surface area contributed by atoms with Crippen molar-refractivity contribution in [1.82, 2.24) is 13.5 Å². The number of carbonyl (C=O) groups excluding carboxylic acids is 1. The summed E-state index contributed by atoms with van der Waals surface area (Å²) in [5, 5.41) is 1.39. The van der Waals surface area contributed by atoms with E-state index in [-0.39, 0.29) is 13.0 Å². The van der Waals surface area contributed by atoms with Gasteiger partial charge in [0.15, 0.2) is 0 Å². The van der Waals surface area contributed by atoms with Gasteiger partial charge in [0.1, 0.15) is 6.04 Å². The fraction of sp³-hybridized carbons (Fsp3) is 0.304. The lowest BCUT2D eigenvalue weighted by molar-refractivity contribution is -0.144. The predicted molar refractivity (Wildman–Crippen MR) is 122 cm³/mol. The fourth-order valence-electron chi connectivity index (χ4n) is 4.14. The Morgan fingerprint density at radius 1 is 1.19 bits per heavy atom. The highest BCUT2D eigenvalue weighted by Crippen LogP contribution is 2.28. The first-order valence-corrected chi connectivity index (χ1v) is 10.8. The van der Waals surface area contributed by atoms with Crippen molar-refractivity contribution in [3.05, 3.63) is 74.1 Å². The lowest BCUT2D eigenvalue weighted by Gasteiger charge is -2.18. The van der Waals surface area contributed by atoms with Crippen LogP contribution in [0, 0.1) is 13.8 Å². The number of para-hydroxylation sites is 1. The summed E-state index contributed by atoms with van der Waals surface area (Å²) in [6.45, 7) is 6.00. The van der Waals surface area contributed by atoms with Crippen LogP contribution in [-0.2, 0) is 16.1 Å². The van der Waals surface area contributed by atoms with E-state index in [2.05, 4.69) is 16.5 Å². The van der Waals surface area contributed by atoms with Crippen LogP contribution in [0.3, 0.4) is 0 Å². The molecule has 8 heteroatoms. The summed E-state index contributed by atoms with van der Waals surface area (Å²) in [6, 6.07) is 10.1. The van der Waals surface area contributed by atoms with Crippen LogP contribution in [0.2, 0.25) is 0 Å². The van der Waals surface area contributed by atoms with Crippen LogP contribution in [0.15, 0.2) is 46.0 Å². The molecule has 2 aromatic heterocycles. The highest BCUT2D eigenvalue weighted by atomic mass is 32.1. The Kier molecular flexibility index (Phi) is 5.49. The van der Waals surface area contributed by atoms with Crippen LogP contribution in [0.1, 0.15) is 36.2 Å². The normalized spacial score (nSPS) is 12.4. The second-order valence-corrected chi connectivity index (χ2v) is 8.40. The Morgan fingerprint density at radius 3 is 2.65 bits per heavy atom. The molecule has 0 aliphatic carbocycles. The first-order chi connectivity index (χ1) is 14.9. The van der Waals surface area contributed by atoms with Crippen molar-refractivity contribution in [2.45, 2.75) is 39.8 Å². The number of esters is 1.